The van der Waals surface area contributed by atoms with E-state index in [1.54, 1.807) is 0 Å². The van der Waals surface area contributed by atoms with Gasteiger partial charge < -0.3 is 24.9 Å². The molecule has 12 nitrogen and oxygen atoms in total. The molecule has 2 N–H and O–H groups in total. The van der Waals surface area contributed by atoms with Gasteiger partial charge in [0.2, 0.25) is 0 Å². The Morgan fingerprint density at radius 2 is 1.71 bits per heavy atom. The molecule has 4 amide bonds. The molecule has 3 rings (SSSR count). The molecule has 0 atom stereocenters. The van der Waals surface area contributed by atoms with Crippen LogP contribution in [0.5, 0.6) is 5.75 Å². The molecule has 2 heterocycles. The predicted molar refractivity (Wildman–Crippen MR) is 129 cm³/mol. The van der Waals surface area contributed by atoms with Crippen LogP contribution in [0.3, 0.4) is 0 Å². The van der Waals surface area contributed by atoms with Gasteiger partial charge in [-0.15, -0.1) is 18.2 Å². The van der Waals surface area contributed by atoms with Gasteiger partial charge in [0.15, 0.2) is 5.75 Å². The summed E-state index contributed by atoms with van der Waals surface area (Å²) in [7, 11) is 0. The first kappa shape index (κ1) is 32.1. The summed E-state index contributed by atoms with van der Waals surface area (Å²) >= 11 is 0. The summed E-state index contributed by atoms with van der Waals surface area (Å²) in [5.74, 6) is -6.37. The lowest BCUT2D eigenvalue weighted by Crippen LogP contribution is -2.43. The van der Waals surface area contributed by atoms with E-state index in [9.17, 15) is 45.5 Å². The predicted octanol–water partition coefficient (Wildman–Crippen LogP) is 2.66. The smallest absolute Gasteiger partial charge is 0.404 e. The van der Waals surface area contributed by atoms with E-state index >= 15 is 0 Å². The minimum absolute atomic E-state index is 0.175. The van der Waals surface area contributed by atoms with E-state index in [2.05, 4.69) is 19.9 Å². The number of aliphatic hydroxyl groups excluding tert-OH is 1. The van der Waals surface area contributed by atoms with Gasteiger partial charge in [-0.3, -0.25) is 14.6 Å². The molecule has 0 saturated carbocycles. The molecule has 18 heteroatoms. The number of hydroxylamine groups is 1. The molecule has 1 fully saturated rings. The number of halogens is 6. The van der Waals surface area contributed by atoms with Crippen LogP contribution in [0.2, 0.25) is 0 Å². The maximum atomic E-state index is 13.5. The van der Waals surface area contributed by atoms with Gasteiger partial charge in [-0.05, 0) is 49.7 Å². The first-order valence-corrected chi connectivity index (χ1v) is 11.9. The Morgan fingerprint density at radius 3 is 2.29 bits per heavy atom. The average Bonchev–Trinajstić information content (AvgIpc) is 3.06. The minimum atomic E-state index is -5.59. The fourth-order valence-corrected chi connectivity index (χ4v) is 3.73. The third-order valence-corrected chi connectivity index (χ3v) is 5.75. The lowest BCUT2D eigenvalue weighted by atomic mass is 10.0. The van der Waals surface area contributed by atoms with Gasteiger partial charge in [-0.1, -0.05) is 0 Å². The number of carbonyl (C=O) groups excluding carboxylic acids is 4. The van der Waals surface area contributed by atoms with Crippen molar-refractivity contribution in [3.8, 4) is 5.75 Å². The van der Waals surface area contributed by atoms with Crippen LogP contribution >= 0.6 is 0 Å². The summed E-state index contributed by atoms with van der Waals surface area (Å²) in [6, 6.07) is 3.65. The molecule has 1 aliphatic heterocycles. The summed E-state index contributed by atoms with van der Waals surface area (Å²) in [6.07, 6.45) is -8.12. The Bertz CT molecular complexity index is 1340. The van der Waals surface area contributed by atoms with Crippen molar-refractivity contribution in [2.45, 2.75) is 38.5 Å². The van der Waals surface area contributed by atoms with Crippen LogP contribution in [-0.4, -0.2) is 76.6 Å². The maximum Gasteiger partial charge on any atom is 0.573 e. The number of rotatable bonds is 9. The van der Waals surface area contributed by atoms with Crippen LogP contribution in [-0.2, 0) is 25.8 Å². The van der Waals surface area contributed by atoms with E-state index in [0.29, 0.717) is 28.7 Å². The van der Waals surface area contributed by atoms with Crippen LogP contribution in [0.15, 0.2) is 42.7 Å². The topological polar surface area (TPSA) is 142 Å². The van der Waals surface area contributed by atoms with Crippen molar-refractivity contribution in [3.63, 3.8) is 0 Å². The number of alkyl halides is 6. The molecule has 0 bridgehead atoms. The molecule has 1 aliphatic rings. The highest BCUT2D eigenvalue weighted by Crippen LogP contribution is 2.42. The number of hydrogen-bond acceptors (Lipinski definition) is 9. The SMILES string of the molecule is CC1(C)C(=O)N(c2cc(N(OC(=O)C(F)(F)F)C(=O)CNCCO)ccc2OC(F)(F)F)C(=O)N1Cc1ccncc1. The molecule has 2 aromatic rings. The third kappa shape index (κ3) is 7.24. The van der Waals surface area contributed by atoms with Crippen LogP contribution < -0.4 is 20.0 Å². The number of aliphatic hydroxyl groups is 1. The Hall–Kier alpha value is -4.45. The standard InChI is InChI=1S/C24H23F6N5O7/c1-22(2)19(38)34(21(40)33(22)13-14-5-7-31-8-6-14)16-11-15(3-4-17(16)41-24(28,29)30)35(18(37)12-32-9-10-36)42-20(39)23(25,26)27/h3-8,11,32,36H,9-10,12-13H2,1-2H3. The molecule has 0 unspecified atom stereocenters. The number of anilines is 2. The second kappa shape index (κ2) is 12.2. The van der Waals surface area contributed by atoms with Crippen molar-refractivity contribution in [2.75, 3.05) is 29.7 Å². The second-order valence-corrected chi connectivity index (χ2v) is 9.09. The second-order valence-electron chi connectivity index (χ2n) is 9.09. The summed E-state index contributed by atoms with van der Waals surface area (Å²) in [5, 5.41) is 11.0. The molecule has 1 aromatic carbocycles. The number of benzene rings is 1. The van der Waals surface area contributed by atoms with Crippen LogP contribution in [0, 0.1) is 0 Å². The number of ether oxygens (including phenoxy) is 1. The molecule has 0 spiro atoms. The third-order valence-electron chi connectivity index (χ3n) is 5.75. The maximum absolute atomic E-state index is 13.5. The molecular formula is C24H23F6N5O7. The number of pyridine rings is 1. The molecule has 0 radical (unpaired) electrons. The normalized spacial score (nSPS) is 15.2. The van der Waals surface area contributed by atoms with E-state index in [1.165, 1.54) is 38.4 Å². The van der Waals surface area contributed by atoms with Gasteiger partial charge in [0, 0.05) is 25.5 Å². The molecule has 42 heavy (non-hydrogen) atoms. The lowest BCUT2D eigenvalue weighted by molar-refractivity contribution is -0.274. The summed E-state index contributed by atoms with van der Waals surface area (Å²) in [5.41, 5.74) is -2.81. The first-order chi connectivity index (χ1) is 19.5. The monoisotopic (exact) mass is 607 g/mol. The Kier molecular flexibility index (Phi) is 9.31. The van der Waals surface area contributed by atoms with E-state index < -0.39 is 72.2 Å². The lowest BCUT2D eigenvalue weighted by Gasteiger charge is -2.27. The van der Waals surface area contributed by atoms with Gasteiger partial charge in [0.05, 0.1) is 24.5 Å². The Balaban J connectivity index is 2.12. The fraction of sp³-hybridized carbons (Fsp3) is 0.375. The van der Waals surface area contributed by atoms with Gasteiger partial charge in [0.25, 0.3) is 11.8 Å². The Morgan fingerprint density at radius 1 is 1.07 bits per heavy atom. The van der Waals surface area contributed by atoms with Crippen LogP contribution in [0.25, 0.3) is 0 Å². The highest BCUT2D eigenvalue weighted by atomic mass is 19.4. The number of urea groups is 1. The van der Waals surface area contributed by atoms with Crippen molar-refractivity contribution >= 4 is 35.2 Å². The number of nitrogens with one attached hydrogen (secondary N) is 1. The molecule has 228 valence electrons. The van der Waals surface area contributed by atoms with Crippen LogP contribution in [0.1, 0.15) is 19.4 Å². The van der Waals surface area contributed by atoms with Crippen molar-refractivity contribution in [3.05, 3.63) is 48.3 Å². The summed E-state index contributed by atoms with van der Waals surface area (Å²) in [4.78, 5) is 60.5. The van der Waals surface area contributed by atoms with Crippen LogP contribution in [0.4, 0.5) is 42.5 Å². The Labute approximate surface area is 233 Å². The number of imide groups is 1. The van der Waals surface area contributed by atoms with Gasteiger partial charge >= 0.3 is 24.5 Å². The van der Waals surface area contributed by atoms with Crippen molar-refractivity contribution in [1.82, 2.24) is 15.2 Å². The highest BCUT2D eigenvalue weighted by molar-refractivity contribution is 6.23. The fourth-order valence-electron chi connectivity index (χ4n) is 3.73. The molecule has 1 aromatic heterocycles. The first-order valence-electron chi connectivity index (χ1n) is 11.9. The zero-order chi connectivity index (χ0) is 31.5. The number of aromatic nitrogens is 1. The van der Waals surface area contributed by atoms with E-state index in [0.717, 1.165) is 4.90 Å². The number of amides is 4. The zero-order valence-electron chi connectivity index (χ0n) is 21.8. The average molecular weight is 607 g/mol. The van der Waals surface area contributed by atoms with Gasteiger partial charge in [-0.25, -0.2) is 14.5 Å². The quantitative estimate of drug-likeness (QED) is 0.191. The zero-order valence-corrected chi connectivity index (χ0v) is 21.8. The molecule has 0 aliphatic carbocycles. The highest BCUT2D eigenvalue weighted by Gasteiger charge is 2.53. The van der Waals surface area contributed by atoms with E-state index in [4.69, 9.17) is 5.11 Å². The van der Waals surface area contributed by atoms with Gasteiger partial charge in [-0.2, -0.15) is 13.2 Å². The number of hydrogen-bond donors (Lipinski definition) is 2. The number of nitrogens with zero attached hydrogens (tertiary/aromatic N) is 4. The van der Waals surface area contributed by atoms with Crippen molar-refractivity contribution in [2.24, 2.45) is 0 Å². The minimum Gasteiger partial charge on any atom is -0.404 e. The van der Waals surface area contributed by atoms with Crippen molar-refractivity contribution < 1.29 is 60.2 Å². The molecule has 1 saturated heterocycles. The summed E-state index contributed by atoms with van der Waals surface area (Å²) < 4.78 is 82.7. The van der Waals surface area contributed by atoms with E-state index in [1.807, 2.05) is 0 Å². The molecular weight excluding hydrogens is 584 g/mol. The van der Waals surface area contributed by atoms with E-state index in [-0.39, 0.29) is 18.2 Å². The van der Waals surface area contributed by atoms with Crippen molar-refractivity contribution in [1.29, 1.82) is 0 Å². The summed E-state index contributed by atoms with van der Waals surface area (Å²) in [6.45, 7) is 0.975. The van der Waals surface area contributed by atoms with Gasteiger partial charge in [0.1, 0.15) is 5.54 Å². The number of carbonyl (C=O) groups is 4. The largest absolute Gasteiger partial charge is 0.573 e.